The van der Waals surface area contributed by atoms with E-state index >= 15 is 0 Å². The molecule has 0 fully saturated rings. The van der Waals surface area contributed by atoms with Crippen LogP contribution in [0.1, 0.15) is 16.7 Å². The average Bonchev–Trinajstić information content (AvgIpc) is 2.36. The summed E-state index contributed by atoms with van der Waals surface area (Å²) in [6.45, 7) is 3.86. The van der Waals surface area contributed by atoms with Gasteiger partial charge in [0.1, 0.15) is 6.07 Å². The smallest absolute Gasteiger partial charge is 0.100 e. The van der Waals surface area contributed by atoms with Crippen LogP contribution in [0, 0.1) is 25.2 Å². The third-order valence-corrected chi connectivity index (χ3v) is 3.03. The lowest BCUT2D eigenvalue weighted by molar-refractivity contribution is 1.34. The molecular weight excluding hydrogens is 208 g/mol. The summed E-state index contributed by atoms with van der Waals surface area (Å²) >= 11 is 0. The molecule has 2 heteroatoms. The maximum absolute atomic E-state index is 9.27. The predicted molar refractivity (Wildman–Crippen MR) is 70.5 cm³/mol. The Hall–Kier alpha value is -2.27. The molecule has 0 saturated carbocycles. The van der Waals surface area contributed by atoms with Crippen molar-refractivity contribution in [3.8, 4) is 17.2 Å². The Morgan fingerprint density at radius 3 is 2.35 bits per heavy atom. The van der Waals surface area contributed by atoms with E-state index in [9.17, 15) is 5.26 Å². The number of nitriles is 1. The lowest BCUT2D eigenvalue weighted by Gasteiger charge is -2.12. The van der Waals surface area contributed by atoms with Crippen LogP contribution in [0.5, 0.6) is 0 Å². The van der Waals surface area contributed by atoms with E-state index in [0.717, 1.165) is 22.3 Å². The van der Waals surface area contributed by atoms with Crippen LogP contribution in [0.15, 0.2) is 36.4 Å². The Labute approximate surface area is 101 Å². The van der Waals surface area contributed by atoms with Crippen molar-refractivity contribution in [3.05, 3.63) is 53.1 Å². The number of nitrogens with zero attached hydrogens (tertiary/aromatic N) is 1. The van der Waals surface area contributed by atoms with Crippen molar-refractivity contribution in [2.75, 3.05) is 5.73 Å². The number of hydrogen-bond acceptors (Lipinski definition) is 2. The van der Waals surface area contributed by atoms with Gasteiger partial charge in [0, 0.05) is 11.3 Å². The number of benzene rings is 2. The molecule has 2 aromatic rings. The quantitative estimate of drug-likeness (QED) is 0.751. The van der Waals surface area contributed by atoms with Crippen LogP contribution < -0.4 is 5.73 Å². The molecule has 0 heterocycles. The molecule has 0 atom stereocenters. The maximum atomic E-state index is 9.27. The van der Waals surface area contributed by atoms with Crippen molar-refractivity contribution in [3.63, 3.8) is 0 Å². The van der Waals surface area contributed by atoms with E-state index in [1.54, 1.807) is 0 Å². The van der Waals surface area contributed by atoms with Gasteiger partial charge < -0.3 is 5.73 Å². The fourth-order valence-electron chi connectivity index (χ4n) is 1.99. The van der Waals surface area contributed by atoms with Gasteiger partial charge >= 0.3 is 0 Å². The molecule has 0 aliphatic carbocycles. The zero-order valence-corrected chi connectivity index (χ0v) is 9.99. The van der Waals surface area contributed by atoms with Crippen molar-refractivity contribution in [1.82, 2.24) is 0 Å². The SMILES string of the molecule is Cc1cc(-c2ccccc2)c(C#N)c(C)c1N. The molecule has 2 N–H and O–H groups in total. The normalized spacial score (nSPS) is 9.94. The van der Waals surface area contributed by atoms with Gasteiger partial charge in [-0.15, -0.1) is 0 Å². The minimum Gasteiger partial charge on any atom is -0.398 e. The molecule has 0 radical (unpaired) electrons. The lowest BCUT2D eigenvalue weighted by Crippen LogP contribution is -1.99. The molecule has 0 spiro atoms. The number of hydrogen-bond donors (Lipinski definition) is 1. The molecular formula is C15H14N2. The Bertz CT molecular complexity index is 593. The summed E-state index contributed by atoms with van der Waals surface area (Å²) in [7, 11) is 0. The number of nitrogen functional groups attached to an aromatic ring is 1. The van der Waals surface area contributed by atoms with Gasteiger partial charge in [-0.05, 0) is 36.6 Å². The minimum atomic E-state index is 0.666. The van der Waals surface area contributed by atoms with Crippen molar-refractivity contribution in [1.29, 1.82) is 5.26 Å². The Morgan fingerprint density at radius 2 is 1.76 bits per heavy atom. The molecule has 2 nitrogen and oxygen atoms in total. The van der Waals surface area contributed by atoms with Crippen LogP contribution in [0.4, 0.5) is 5.69 Å². The summed E-state index contributed by atoms with van der Waals surface area (Å²) in [4.78, 5) is 0. The highest BCUT2D eigenvalue weighted by Gasteiger charge is 2.12. The minimum absolute atomic E-state index is 0.666. The second-order valence-corrected chi connectivity index (χ2v) is 4.13. The van der Waals surface area contributed by atoms with Gasteiger partial charge in [-0.2, -0.15) is 5.26 Å². The lowest BCUT2D eigenvalue weighted by atomic mass is 9.93. The van der Waals surface area contributed by atoms with Crippen LogP contribution in [0.3, 0.4) is 0 Å². The molecule has 17 heavy (non-hydrogen) atoms. The van der Waals surface area contributed by atoms with Crippen LogP contribution in [0.25, 0.3) is 11.1 Å². The fourth-order valence-corrected chi connectivity index (χ4v) is 1.99. The number of rotatable bonds is 1. The summed E-state index contributed by atoms with van der Waals surface area (Å²) in [6.07, 6.45) is 0. The molecule has 0 aliphatic heterocycles. The second kappa shape index (κ2) is 4.31. The summed E-state index contributed by atoms with van der Waals surface area (Å²) in [5, 5.41) is 9.27. The Balaban J connectivity index is 2.76. The van der Waals surface area contributed by atoms with E-state index in [-0.39, 0.29) is 0 Å². The first-order valence-corrected chi connectivity index (χ1v) is 5.50. The molecule has 84 valence electrons. The standard InChI is InChI=1S/C15H14N2/c1-10-8-13(12-6-4-3-5-7-12)14(9-16)11(2)15(10)17/h3-8H,17H2,1-2H3. The van der Waals surface area contributed by atoms with Gasteiger partial charge in [-0.3, -0.25) is 0 Å². The second-order valence-electron chi connectivity index (χ2n) is 4.13. The third-order valence-electron chi connectivity index (χ3n) is 3.03. The summed E-state index contributed by atoms with van der Waals surface area (Å²) < 4.78 is 0. The van der Waals surface area contributed by atoms with Crippen molar-refractivity contribution < 1.29 is 0 Å². The topological polar surface area (TPSA) is 49.8 Å². The van der Waals surface area contributed by atoms with Crippen molar-refractivity contribution in [2.45, 2.75) is 13.8 Å². The zero-order chi connectivity index (χ0) is 12.4. The van der Waals surface area contributed by atoms with Gasteiger partial charge in [0.2, 0.25) is 0 Å². The van der Waals surface area contributed by atoms with E-state index in [0.29, 0.717) is 11.3 Å². The molecule has 0 aliphatic rings. The molecule has 0 aromatic heterocycles. The van der Waals surface area contributed by atoms with E-state index < -0.39 is 0 Å². The number of aryl methyl sites for hydroxylation is 1. The highest BCUT2D eigenvalue weighted by Crippen LogP contribution is 2.31. The van der Waals surface area contributed by atoms with Crippen LogP contribution in [-0.2, 0) is 0 Å². The van der Waals surface area contributed by atoms with Crippen LogP contribution >= 0.6 is 0 Å². The highest BCUT2D eigenvalue weighted by atomic mass is 14.6. The maximum Gasteiger partial charge on any atom is 0.100 e. The van der Waals surface area contributed by atoms with Gasteiger partial charge in [-0.25, -0.2) is 0 Å². The Morgan fingerprint density at radius 1 is 1.12 bits per heavy atom. The van der Waals surface area contributed by atoms with E-state index in [2.05, 4.69) is 6.07 Å². The molecule has 0 amide bonds. The molecule has 2 aromatic carbocycles. The van der Waals surface area contributed by atoms with Gasteiger partial charge in [-0.1, -0.05) is 30.3 Å². The molecule has 0 bridgehead atoms. The third kappa shape index (κ3) is 1.88. The highest BCUT2D eigenvalue weighted by molar-refractivity contribution is 5.77. The van der Waals surface area contributed by atoms with E-state index in [1.165, 1.54) is 0 Å². The first kappa shape index (κ1) is 11.2. The summed E-state index contributed by atoms with van der Waals surface area (Å²) in [5.41, 5.74) is 11.2. The Kier molecular flexibility index (Phi) is 2.84. The van der Waals surface area contributed by atoms with E-state index in [1.807, 2.05) is 50.2 Å². The summed E-state index contributed by atoms with van der Waals surface area (Å²) in [5.74, 6) is 0. The van der Waals surface area contributed by atoms with Crippen LogP contribution in [0.2, 0.25) is 0 Å². The van der Waals surface area contributed by atoms with Crippen molar-refractivity contribution in [2.24, 2.45) is 0 Å². The summed E-state index contributed by atoms with van der Waals surface area (Å²) in [6, 6.07) is 14.1. The zero-order valence-electron chi connectivity index (χ0n) is 9.99. The molecule has 2 rings (SSSR count). The average molecular weight is 222 g/mol. The predicted octanol–water partition coefficient (Wildman–Crippen LogP) is 3.42. The monoisotopic (exact) mass is 222 g/mol. The van der Waals surface area contributed by atoms with Gasteiger partial charge in [0.25, 0.3) is 0 Å². The fraction of sp³-hybridized carbons (Fsp3) is 0.133. The van der Waals surface area contributed by atoms with Gasteiger partial charge in [0.05, 0.1) is 5.56 Å². The first-order valence-electron chi connectivity index (χ1n) is 5.50. The first-order chi connectivity index (χ1) is 8.15. The van der Waals surface area contributed by atoms with Crippen LogP contribution in [-0.4, -0.2) is 0 Å². The van der Waals surface area contributed by atoms with Crippen molar-refractivity contribution >= 4 is 5.69 Å². The molecule has 0 unspecified atom stereocenters. The van der Waals surface area contributed by atoms with E-state index in [4.69, 9.17) is 5.73 Å². The number of nitrogens with two attached hydrogens (primary N) is 1. The van der Waals surface area contributed by atoms with Gasteiger partial charge in [0.15, 0.2) is 0 Å². The number of anilines is 1. The molecule has 0 saturated heterocycles. The largest absolute Gasteiger partial charge is 0.398 e.